The number of benzene rings is 2. The van der Waals surface area contributed by atoms with E-state index < -0.39 is 0 Å². The van der Waals surface area contributed by atoms with Crippen molar-refractivity contribution in [2.45, 2.75) is 18.9 Å². The van der Waals surface area contributed by atoms with E-state index in [-0.39, 0.29) is 0 Å². The Balaban J connectivity index is 1.61. The van der Waals surface area contributed by atoms with E-state index in [9.17, 15) is 0 Å². The number of hydrogen-bond donors (Lipinski definition) is 2. The molecule has 3 rings (SSSR count). The maximum atomic E-state index is 5.48. The van der Waals surface area contributed by atoms with Crippen LogP contribution in [-0.4, -0.2) is 36.8 Å². The molecule has 1 saturated heterocycles. The van der Waals surface area contributed by atoms with Gasteiger partial charge in [0.2, 0.25) is 0 Å². The molecule has 0 aromatic heterocycles. The first-order valence-electron chi connectivity index (χ1n) is 8.74. The van der Waals surface area contributed by atoms with Crippen molar-refractivity contribution >= 4 is 23.0 Å². The fourth-order valence-electron chi connectivity index (χ4n) is 3.25. The molecule has 1 heterocycles. The van der Waals surface area contributed by atoms with E-state index >= 15 is 0 Å². The molecule has 1 aliphatic heterocycles. The highest BCUT2D eigenvalue weighted by Gasteiger charge is 2.23. The summed E-state index contributed by atoms with van der Waals surface area (Å²) in [6.07, 6.45) is 2.55. The third-order valence-corrected chi connectivity index (χ3v) is 4.80. The number of thiocarbonyl (C=S) groups is 1. The largest absolute Gasteiger partial charge is 0.497 e. The molecule has 0 radical (unpaired) electrons. The molecule has 1 fully saturated rings. The normalized spacial score (nSPS) is 15.6. The van der Waals surface area contributed by atoms with Gasteiger partial charge in [0, 0.05) is 18.3 Å². The van der Waals surface area contributed by atoms with Gasteiger partial charge in [0.25, 0.3) is 0 Å². The number of nitrogens with one attached hydrogen (secondary N) is 2. The second-order valence-electron chi connectivity index (χ2n) is 6.24. The predicted molar refractivity (Wildman–Crippen MR) is 107 cm³/mol. The van der Waals surface area contributed by atoms with Crippen LogP contribution in [0.1, 0.15) is 24.4 Å². The lowest BCUT2D eigenvalue weighted by Gasteiger charge is -2.28. The molecule has 4 nitrogen and oxygen atoms in total. The van der Waals surface area contributed by atoms with Gasteiger partial charge in [0.1, 0.15) is 5.75 Å². The topological polar surface area (TPSA) is 36.5 Å². The summed E-state index contributed by atoms with van der Waals surface area (Å²) in [6, 6.07) is 18.8. The third-order valence-electron chi connectivity index (χ3n) is 4.55. The Kier molecular flexibility index (Phi) is 6.25. The molecule has 5 heteroatoms. The number of nitrogens with zero attached hydrogens (tertiary/aromatic N) is 1. The van der Waals surface area contributed by atoms with Gasteiger partial charge in [-0.15, -0.1) is 0 Å². The number of ether oxygens (including phenoxy) is 1. The van der Waals surface area contributed by atoms with Crippen LogP contribution < -0.4 is 15.4 Å². The number of likely N-dealkylation sites (tertiary alicyclic amines) is 1. The van der Waals surface area contributed by atoms with Gasteiger partial charge < -0.3 is 15.4 Å². The Morgan fingerprint density at radius 1 is 1.12 bits per heavy atom. The van der Waals surface area contributed by atoms with Crippen molar-refractivity contribution in [3.63, 3.8) is 0 Å². The minimum atomic E-state index is 0.341. The minimum Gasteiger partial charge on any atom is -0.497 e. The van der Waals surface area contributed by atoms with Crippen LogP contribution in [0.3, 0.4) is 0 Å². The Labute approximate surface area is 155 Å². The van der Waals surface area contributed by atoms with Gasteiger partial charge in [-0.2, -0.15) is 0 Å². The number of anilines is 1. The summed E-state index contributed by atoms with van der Waals surface area (Å²) in [5.41, 5.74) is 2.26. The highest BCUT2D eigenvalue weighted by atomic mass is 32.1. The molecular weight excluding hydrogens is 330 g/mol. The maximum Gasteiger partial charge on any atom is 0.170 e. The average Bonchev–Trinajstić information content (AvgIpc) is 3.17. The number of hydrogen-bond acceptors (Lipinski definition) is 3. The van der Waals surface area contributed by atoms with Crippen LogP contribution in [-0.2, 0) is 0 Å². The van der Waals surface area contributed by atoms with Crippen LogP contribution in [0.15, 0.2) is 54.6 Å². The molecule has 0 aliphatic carbocycles. The van der Waals surface area contributed by atoms with Crippen molar-refractivity contribution in [1.29, 1.82) is 0 Å². The first-order chi connectivity index (χ1) is 12.3. The fourth-order valence-corrected chi connectivity index (χ4v) is 3.45. The highest BCUT2D eigenvalue weighted by molar-refractivity contribution is 7.80. The monoisotopic (exact) mass is 355 g/mol. The van der Waals surface area contributed by atoms with E-state index in [1.54, 1.807) is 7.11 Å². The van der Waals surface area contributed by atoms with Crippen molar-refractivity contribution in [3.8, 4) is 5.75 Å². The van der Waals surface area contributed by atoms with Gasteiger partial charge in [0.15, 0.2) is 5.11 Å². The molecule has 0 saturated carbocycles. The summed E-state index contributed by atoms with van der Waals surface area (Å²) in [5.74, 6) is 0.812. The van der Waals surface area contributed by atoms with E-state index in [1.807, 2.05) is 24.3 Å². The van der Waals surface area contributed by atoms with Gasteiger partial charge in [-0.1, -0.05) is 36.4 Å². The summed E-state index contributed by atoms with van der Waals surface area (Å²) in [4.78, 5) is 2.54. The molecule has 2 aromatic carbocycles. The van der Waals surface area contributed by atoms with Crippen LogP contribution in [0, 0.1) is 0 Å². The summed E-state index contributed by atoms with van der Waals surface area (Å²) >= 11 is 5.48. The van der Waals surface area contributed by atoms with Crippen molar-refractivity contribution in [3.05, 3.63) is 60.2 Å². The lowest BCUT2D eigenvalue weighted by atomic mass is 10.1. The van der Waals surface area contributed by atoms with E-state index in [4.69, 9.17) is 17.0 Å². The Bertz CT molecular complexity index is 686. The predicted octanol–water partition coefficient (Wildman–Crippen LogP) is 3.82. The highest BCUT2D eigenvalue weighted by Crippen LogP contribution is 2.24. The quantitative estimate of drug-likeness (QED) is 0.771. The Hall–Kier alpha value is -2.11. The van der Waals surface area contributed by atoms with Crippen molar-refractivity contribution in [2.24, 2.45) is 0 Å². The first-order valence-corrected chi connectivity index (χ1v) is 9.15. The van der Waals surface area contributed by atoms with Gasteiger partial charge in [0.05, 0.1) is 13.2 Å². The van der Waals surface area contributed by atoms with Crippen molar-refractivity contribution in [2.75, 3.05) is 32.1 Å². The molecule has 1 atom stereocenters. The van der Waals surface area contributed by atoms with Crippen LogP contribution in [0.5, 0.6) is 5.75 Å². The number of methoxy groups -OCH3 is 1. The molecule has 2 N–H and O–H groups in total. The van der Waals surface area contributed by atoms with E-state index in [1.165, 1.54) is 18.4 Å². The molecule has 0 bridgehead atoms. The molecule has 25 heavy (non-hydrogen) atoms. The smallest absolute Gasteiger partial charge is 0.170 e. The molecule has 132 valence electrons. The van der Waals surface area contributed by atoms with Crippen LogP contribution >= 0.6 is 12.2 Å². The van der Waals surface area contributed by atoms with Crippen molar-refractivity contribution in [1.82, 2.24) is 10.2 Å². The Morgan fingerprint density at radius 3 is 2.60 bits per heavy atom. The lowest BCUT2D eigenvalue weighted by molar-refractivity contribution is 0.246. The molecule has 0 unspecified atom stereocenters. The van der Waals surface area contributed by atoms with Crippen LogP contribution in [0.2, 0.25) is 0 Å². The molecule has 1 aliphatic rings. The zero-order valence-corrected chi connectivity index (χ0v) is 15.4. The zero-order valence-electron chi connectivity index (χ0n) is 14.6. The second-order valence-corrected chi connectivity index (χ2v) is 6.64. The average molecular weight is 356 g/mol. The fraction of sp³-hybridized carbons (Fsp3) is 0.350. The molecule has 0 amide bonds. The van der Waals surface area contributed by atoms with E-state index in [2.05, 4.69) is 45.9 Å². The zero-order chi connectivity index (χ0) is 17.5. The van der Waals surface area contributed by atoms with Gasteiger partial charge in [-0.05, 0) is 55.8 Å². The molecular formula is C20H25N3OS. The SMILES string of the molecule is COc1cccc(NC(=S)NC[C@H](c2ccccc2)N2CCCC2)c1. The summed E-state index contributed by atoms with van der Waals surface area (Å²) < 4.78 is 5.25. The van der Waals surface area contributed by atoms with Gasteiger partial charge >= 0.3 is 0 Å². The van der Waals surface area contributed by atoms with Crippen LogP contribution in [0.4, 0.5) is 5.69 Å². The maximum absolute atomic E-state index is 5.48. The molecule has 2 aromatic rings. The minimum absolute atomic E-state index is 0.341. The van der Waals surface area contributed by atoms with Gasteiger partial charge in [-0.25, -0.2) is 0 Å². The first kappa shape index (κ1) is 17.7. The standard InChI is InChI=1S/C20H25N3OS/c1-24-18-11-7-10-17(14-18)22-20(25)21-15-19(23-12-5-6-13-23)16-8-3-2-4-9-16/h2-4,7-11,14,19H,5-6,12-13,15H2,1H3,(H2,21,22,25)/t19-/m1/s1. The van der Waals surface area contributed by atoms with Crippen LogP contribution in [0.25, 0.3) is 0 Å². The molecule has 0 spiro atoms. The van der Waals surface area contributed by atoms with Gasteiger partial charge in [-0.3, -0.25) is 4.90 Å². The summed E-state index contributed by atoms with van der Waals surface area (Å²) in [7, 11) is 1.66. The second kappa shape index (κ2) is 8.83. The van der Waals surface area contributed by atoms with E-state index in [0.717, 1.165) is 31.1 Å². The Morgan fingerprint density at radius 2 is 1.88 bits per heavy atom. The number of rotatable bonds is 6. The third kappa shape index (κ3) is 4.94. The van der Waals surface area contributed by atoms with E-state index in [0.29, 0.717) is 11.2 Å². The summed E-state index contributed by atoms with van der Waals surface area (Å²) in [5, 5.41) is 7.25. The van der Waals surface area contributed by atoms with Crippen molar-refractivity contribution < 1.29 is 4.74 Å². The summed E-state index contributed by atoms with van der Waals surface area (Å²) in [6.45, 7) is 3.09. The lowest BCUT2D eigenvalue weighted by Crippen LogP contribution is -2.38.